The van der Waals surface area contributed by atoms with Gasteiger partial charge in [0.05, 0.1) is 17.8 Å². The fourth-order valence-electron chi connectivity index (χ4n) is 3.24. The number of benzene rings is 2. The zero-order valence-electron chi connectivity index (χ0n) is 16.6. The second-order valence-electron chi connectivity index (χ2n) is 7.09. The van der Waals surface area contributed by atoms with E-state index in [9.17, 15) is 9.59 Å². The van der Waals surface area contributed by atoms with Crippen LogP contribution >= 0.6 is 0 Å². The standard InChI is InChI=1S/C24H22N4O2/c1-17-11-12-22-27-19(13-23(29)28(22)16-17)15-25-21-10-6-5-9-20(21)24(30)26-14-18-7-3-2-4-8-18/h2-13,16,25H,14-15H2,1H3,(H,26,30). The maximum Gasteiger partial charge on any atom is 0.258 e. The molecule has 6 nitrogen and oxygen atoms in total. The Morgan fingerprint density at radius 1 is 0.967 bits per heavy atom. The van der Waals surface area contributed by atoms with Crippen molar-refractivity contribution < 1.29 is 4.79 Å². The minimum Gasteiger partial charge on any atom is -0.379 e. The van der Waals surface area contributed by atoms with E-state index in [-0.39, 0.29) is 11.5 Å². The Morgan fingerprint density at radius 3 is 2.57 bits per heavy atom. The molecular weight excluding hydrogens is 376 g/mol. The summed E-state index contributed by atoms with van der Waals surface area (Å²) in [4.78, 5) is 29.6. The first-order valence-electron chi connectivity index (χ1n) is 9.74. The third-order valence-electron chi connectivity index (χ3n) is 4.79. The van der Waals surface area contributed by atoms with Crippen LogP contribution in [-0.4, -0.2) is 15.3 Å². The lowest BCUT2D eigenvalue weighted by atomic mass is 10.1. The van der Waals surface area contributed by atoms with Crippen LogP contribution in [0.25, 0.3) is 5.65 Å². The van der Waals surface area contributed by atoms with Crippen molar-refractivity contribution in [2.24, 2.45) is 0 Å². The molecule has 150 valence electrons. The van der Waals surface area contributed by atoms with Gasteiger partial charge in [0.2, 0.25) is 0 Å². The van der Waals surface area contributed by atoms with Crippen molar-refractivity contribution in [3.63, 3.8) is 0 Å². The monoisotopic (exact) mass is 398 g/mol. The number of carbonyl (C=O) groups excluding carboxylic acids is 1. The third kappa shape index (κ3) is 4.38. The summed E-state index contributed by atoms with van der Waals surface area (Å²) in [6.45, 7) is 2.72. The van der Waals surface area contributed by atoms with E-state index in [4.69, 9.17) is 0 Å². The van der Waals surface area contributed by atoms with Gasteiger partial charge in [-0.15, -0.1) is 0 Å². The molecule has 0 bridgehead atoms. The van der Waals surface area contributed by atoms with Crippen molar-refractivity contribution in [2.45, 2.75) is 20.0 Å². The maximum atomic E-state index is 12.7. The molecule has 2 aromatic carbocycles. The quantitative estimate of drug-likeness (QED) is 0.521. The molecule has 0 aliphatic carbocycles. The van der Waals surface area contributed by atoms with Crippen LogP contribution in [-0.2, 0) is 13.1 Å². The Kier molecular flexibility index (Phi) is 5.57. The first-order valence-corrected chi connectivity index (χ1v) is 9.74. The lowest BCUT2D eigenvalue weighted by molar-refractivity contribution is 0.0951. The van der Waals surface area contributed by atoms with E-state index >= 15 is 0 Å². The van der Waals surface area contributed by atoms with Crippen LogP contribution in [0.15, 0.2) is 83.8 Å². The molecule has 0 radical (unpaired) electrons. The SMILES string of the molecule is Cc1ccc2nc(CNc3ccccc3C(=O)NCc3ccccc3)cc(=O)n2c1. The highest BCUT2D eigenvalue weighted by Gasteiger charge is 2.11. The van der Waals surface area contributed by atoms with Gasteiger partial charge in [0.15, 0.2) is 0 Å². The summed E-state index contributed by atoms with van der Waals surface area (Å²) >= 11 is 0. The number of hydrogen-bond donors (Lipinski definition) is 2. The Bertz CT molecular complexity index is 1250. The molecule has 0 aliphatic rings. The third-order valence-corrected chi connectivity index (χ3v) is 4.79. The summed E-state index contributed by atoms with van der Waals surface area (Å²) in [5.74, 6) is -0.163. The van der Waals surface area contributed by atoms with E-state index in [1.54, 1.807) is 12.3 Å². The lowest BCUT2D eigenvalue weighted by Crippen LogP contribution is -2.24. The fourth-order valence-corrected chi connectivity index (χ4v) is 3.24. The molecule has 0 atom stereocenters. The number of para-hydroxylation sites is 1. The van der Waals surface area contributed by atoms with E-state index in [1.165, 1.54) is 10.5 Å². The summed E-state index contributed by atoms with van der Waals surface area (Å²) in [7, 11) is 0. The first kappa shape index (κ1) is 19.4. The number of nitrogens with zero attached hydrogens (tertiary/aromatic N) is 2. The molecule has 0 saturated heterocycles. The normalized spacial score (nSPS) is 10.7. The van der Waals surface area contributed by atoms with Crippen molar-refractivity contribution in [3.05, 3.63) is 112 Å². The Morgan fingerprint density at radius 2 is 1.73 bits per heavy atom. The molecule has 4 rings (SSSR count). The highest BCUT2D eigenvalue weighted by Crippen LogP contribution is 2.16. The van der Waals surface area contributed by atoms with E-state index < -0.39 is 0 Å². The Labute approximate surface area is 174 Å². The van der Waals surface area contributed by atoms with Gasteiger partial charge in [0, 0.05) is 24.5 Å². The van der Waals surface area contributed by atoms with Crippen LogP contribution in [0.4, 0.5) is 5.69 Å². The van der Waals surface area contributed by atoms with Gasteiger partial charge >= 0.3 is 0 Å². The summed E-state index contributed by atoms with van der Waals surface area (Å²) in [5.41, 5.74) is 4.34. The van der Waals surface area contributed by atoms with E-state index in [0.717, 1.165) is 11.1 Å². The number of rotatable bonds is 6. The largest absolute Gasteiger partial charge is 0.379 e. The molecule has 2 heterocycles. The first-order chi connectivity index (χ1) is 14.6. The van der Waals surface area contributed by atoms with E-state index in [2.05, 4.69) is 15.6 Å². The predicted octanol–water partition coefficient (Wildman–Crippen LogP) is 3.55. The molecule has 1 amide bonds. The average Bonchev–Trinajstić information content (AvgIpc) is 2.77. The summed E-state index contributed by atoms with van der Waals surface area (Å²) in [5, 5.41) is 6.18. The number of carbonyl (C=O) groups is 1. The van der Waals surface area contributed by atoms with Gasteiger partial charge in [-0.2, -0.15) is 0 Å². The minimum atomic E-state index is -0.163. The number of anilines is 1. The zero-order valence-corrected chi connectivity index (χ0v) is 16.6. The molecular formula is C24H22N4O2. The van der Waals surface area contributed by atoms with Crippen molar-refractivity contribution >= 4 is 17.2 Å². The molecule has 0 saturated carbocycles. The number of hydrogen-bond acceptors (Lipinski definition) is 4. The number of aryl methyl sites for hydroxylation is 1. The van der Waals surface area contributed by atoms with Gasteiger partial charge < -0.3 is 10.6 Å². The van der Waals surface area contributed by atoms with Gasteiger partial charge in [-0.1, -0.05) is 48.5 Å². The van der Waals surface area contributed by atoms with Gasteiger partial charge in [0.25, 0.3) is 11.5 Å². The molecule has 2 aromatic heterocycles. The van der Waals surface area contributed by atoms with E-state index in [0.29, 0.717) is 35.7 Å². The molecule has 0 spiro atoms. The van der Waals surface area contributed by atoms with Crippen molar-refractivity contribution in [1.82, 2.24) is 14.7 Å². The smallest absolute Gasteiger partial charge is 0.258 e. The molecule has 4 aromatic rings. The number of pyridine rings is 1. The average molecular weight is 398 g/mol. The second-order valence-corrected chi connectivity index (χ2v) is 7.09. The Hall–Kier alpha value is -3.93. The van der Waals surface area contributed by atoms with Crippen LogP contribution in [0.2, 0.25) is 0 Å². The summed E-state index contributed by atoms with van der Waals surface area (Å²) < 4.78 is 1.53. The zero-order chi connectivity index (χ0) is 20.9. The van der Waals surface area contributed by atoms with Crippen LogP contribution in [0, 0.1) is 6.92 Å². The lowest BCUT2D eigenvalue weighted by Gasteiger charge is -2.12. The molecule has 30 heavy (non-hydrogen) atoms. The van der Waals surface area contributed by atoms with Crippen molar-refractivity contribution in [2.75, 3.05) is 5.32 Å². The number of amides is 1. The number of aromatic nitrogens is 2. The molecule has 6 heteroatoms. The van der Waals surface area contributed by atoms with Crippen LogP contribution < -0.4 is 16.2 Å². The van der Waals surface area contributed by atoms with Crippen molar-refractivity contribution in [3.8, 4) is 0 Å². The summed E-state index contributed by atoms with van der Waals surface area (Å²) in [6.07, 6.45) is 1.77. The number of nitrogens with one attached hydrogen (secondary N) is 2. The van der Waals surface area contributed by atoms with Gasteiger partial charge in [-0.3, -0.25) is 14.0 Å². The van der Waals surface area contributed by atoms with Crippen LogP contribution in [0.5, 0.6) is 0 Å². The van der Waals surface area contributed by atoms with Crippen molar-refractivity contribution in [1.29, 1.82) is 0 Å². The molecule has 0 aliphatic heterocycles. The molecule has 0 unspecified atom stereocenters. The Balaban J connectivity index is 1.49. The predicted molar refractivity (Wildman–Crippen MR) is 118 cm³/mol. The second kappa shape index (κ2) is 8.61. The van der Waals surface area contributed by atoms with Gasteiger partial charge in [-0.05, 0) is 36.2 Å². The number of fused-ring (bicyclic) bond motifs is 1. The van der Waals surface area contributed by atoms with Crippen LogP contribution in [0.1, 0.15) is 27.2 Å². The topological polar surface area (TPSA) is 75.5 Å². The summed E-state index contributed by atoms with van der Waals surface area (Å²) in [6, 6.07) is 22.3. The van der Waals surface area contributed by atoms with Gasteiger partial charge in [-0.25, -0.2) is 4.98 Å². The minimum absolute atomic E-state index is 0.130. The molecule has 2 N–H and O–H groups in total. The van der Waals surface area contributed by atoms with E-state index in [1.807, 2.05) is 67.6 Å². The fraction of sp³-hybridized carbons (Fsp3) is 0.125. The van der Waals surface area contributed by atoms with Gasteiger partial charge in [0.1, 0.15) is 5.65 Å². The highest BCUT2D eigenvalue weighted by molar-refractivity contribution is 5.99. The molecule has 0 fully saturated rings. The highest BCUT2D eigenvalue weighted by atomic mass is 16.1. The maximum absolute atomic E-state index is 12.7. The van der Waals surface area contributed by atoms with Crippen LogP contribution in [0.3, 0.4) is 0 Å².